The predicted octanol–water partition coefficient (Wildman–Crippen LogP) is 0.0482. The molecule has 3 N–H and O–H groups in total. The summed E-state index contributed by atoms with van der Waals surface area (Å²) in [6.45, 7) is 0.963. The Morgan fingerprint density at radius 2 is 1.86 bits per heavy atom. The molecule has 2 amide bonds. The fourth-order valence-corrected chi connectivity index (χ4v) is 2.76. The van der Waals surface area contributed by atoms with E-state index in [4.69, 9.17) is 9.88 Å². The Balaban J connectivity index is 1.97. The van der Waals surface area contributed by atoms with Gasteiger partial charge in [0, 0.05) is 26.2 Å². The van der Waals surface area contributed by atoms with Crippen molar-refractivity contribution in [3.8, 4) is 5.75 Å². The van der Waals surface area contributed by atoms with Crippen LogP contribution in [0.15, 0.2) is 24.3 Å². The summed E-state index contributed by atoms with van der Waals surface area (Å²) < 4.78 is 28.7. The van der Waals surface area contributed by atoms with Crippen LogP contribution < -0.4 is 15.2 Å². The summed E-state index contributed by atoms with van der Waals surface area (Å²) in [5.74, 6) is 0.564. The van der Waals surface area contributed by atoms with Crippen LogP contribution >= 0.6 is 0 Å². The highest BCUT2D eigenvalue weighted by atomic mass is 32.2. The van der Waals surface area contributed by atoms with E-state index in [0.29, 0.717) is 11.4 Å². The molecular formula is C12H18N4O4S. The van der Waals surface area contributed by atoms with E-state index >= 15 is 0 Å². The molecule has 1 aliphatic rings. The fraction of sp³-hybridized carbons (Fsp3) is 0.417. The minimum Gasteiger partial charge on any atom is -0.495 e. The molecule has 0 atom stereocenters. The van der Waals surface area contributed by atoms with Crippen molar-refractivity contribution < 1.29 is 17.9 Å². The van der Waals surface area contributed by atoms with E-state index in [2.05, 4.69) is 5.32 Å². The van der Waals surface area contributed by atoms with Gasteiger partial charge in [-0.1, -0.05) is 12.1 Å². The number of para-hydroxylation sites is 2. The number of benzene rings is 1. The van der Waals surface area contributed by atoms with Gasteiger partial charge in [-0.2, -0.15) is 12.7 Å². The molecule has 1 saturated heterocycles. The van der Waals surface area contributed by atoms with E-state index in [1.807, 2.05) is 0 Å². The number of hydrogen-bond acceptors (Lipinski definition) is 4. The van der Waals surface area contributed by atoms with Crippen molar-refractivity contribution in [2.45, 2.75) is 0 Å². The zero-order valence-corrected chi connectivity index (χ0v) is 12.5. The number of amides is 2. The molecule has 0 aromatic heterocycles. The molecule has 0 unspecified atom stereocenters. The maximum Gasteiger partial charge on any atom is 0.322 e. The summed E-state index contributed by atoms with van der Waals surface area (Å²) in [5.41, 5.74) is 0.568. The van der Waals surface area contributed by atoms with E-state index in [-0.39, 0.29) is 32.2 Å². The number of carbonyl (C=O) groups excluding carboxylic acids is 1. The van der Waals surface area contributed by atoms with Gasteiger partial charge in [-0.15, -0.1) is 0 Å². The first-order valence-electron chi connectivity index (χ1n) is 6.38. The van der Waals surface area contributed by atoms with Gasteiger partial charge in [-0.25, -0.2) is 9.93 Å². The highest BCUT2D eigenvalue weighted by Gasteiger charge is 2.26. The number of rotatable bonds is 3. The Bertz CT molecular complexity index is 611. The summed E-state index contributed by atoms with van der Waals surface area (Å²) >= 11 is 0. The molecule has 9 heteroatoms. The number of nitrogens with two attached hydrogens (primary N) is 1. The van der Waals surface area contributed by atoms with E-state index in [0.717, 1.165) is 4.31 Å². The summed E-state index contributed by atoms with van der Waals surface area (Å²) in [4.78, 5) is 13.7. The molecule has 8 nitrogen and oxygen atoms in total. The normalized spacial score (nSPS) is 16.6. The number of nitrogens with one attached hydrogen (secondary N) is 1. The van der Waals surface area contributed by atoms with E-state index in [1.165, 1.54) is 12.0 Å². The van der Waals surface area contributed by atoms with E-state index in [1.54, 1.807) is 24.3 Å². The Morgan fingerprint density at radius 3 is 2.43 bits per heavy atom. The summed E-state index contributed by atoms with van der Waals surface area (Å²) in [7, 11) is -2.17. The van der Waals surface area contributed by atoms with Crippen LogP contribution in [0.25, 0.3) is 0 Å². The second kappa shape index (κ2) is 6.29. The lowest BCUT2D eigenvalue weighted by molar-refractivity contribution is 0.184. The van der Waals surface area contributed by atoms with Crippen molar-refractivity contribution in [2.24, 2.45) is 5.14 Å². The van der Waals surface area contributed by atoms with Gasteiger partial charge in [0.25, 0.3) is 10.2 Å². The first-order chi connectivity index (χ1) is 9.91. The van der Waals surface area contributed by atoms with Crippen molar-refractivity contribution in [3.05, 3.63) is 24.3 Å². The summed E-state index contributed by atoms with van der Waals surface area (Å²) in [6, 6.07) is 6.77. The van der Waals surface area contributed by atoms with Crippen molar-refractivity contribution in [3.63, 3.8) is 0 Å². The van der Waals surface area contributed by atoms with Gasteiger partial charge in [-0.05, 0) is 12.1 Å². The van der Waals surface area contributed by atoms with Crippen molar-refractivity contribution >= 4 is 21.9 Å². The molecule has 1 aromatic carbocycles. The molecule has 0 radical (unpaired) electrons. The number of piperazine rings is 1. The highest BCUT2D eigenvalue weighted by Crippen LogP contribution is 2.23. The Hall–Kier alpha value is -1.84. The molecule has 1 heterocycles. The van der Waals surface area contributed by atoms with Gasteiger partial charge in [0.15, 0.2) is 0 Å². The average molecular weight is 314 g/mol. The molecule has 116 valence electrons. The van der Waals surface area contributed by atoms with Gasteiger partial charge < -0.3 is 15.0 Å². The second-order valence-corrected chi connectivity index (χ2v) is 6.11. The topological polar surface area (TPSA) is 105 Å². The molecule has 0 aliphatic carbocycles. The first-order valence-corrected chi connectivity index (χ1v) is 7.89. The van der Waals surface area contributed by atoms with Crippen LogP contribution in [0.2, 0.25) is 0 Å². The number of carbonyl (C=O) groups is 1. The number of anilines is 1. The molecule has 0 spiro atoms. The highest BCUT2D eigenvalue weighted by molar-refractivity contribution is 7.86. The molecule has 0 saturated carbocycles. The van der Waals surface area contributed by atoms with Crippen LogP contribution in [0, 0.1) is 0 Å². The molecule has 1 aromatic rings. The van der Waals surface area contributed by atoms with Gasteiger partial charge in [0.2, 0.25) is 0 Å². The standard InChI is InChI=1S/C12H18N4O4S/c1-20-11-5-3-2-4-10(11)14-12(17)15-6-8-16(9-7-15)21(13,18)19/h2-5H,6-9H2,1H3,(H,14,17)(H2,13,18,19). The number of urea groups is 1. The maximum atomic E-state index is 12.2. The minimum atomic E-state index is -3.69. The molecule has 2 rings (SSSR count). The van der Waals surface area contributed by atoms with Crippen LogP contribution in [0.5, 0.6) is 5.75 Å². The largest absolute Gasteiger partial charge is 0.495 e. The van der Waals surface area contributed by atoms with E-state index < -0.39 is 10.2 Å². The SMILES string of the molecule is COc1ccccc1NC(=O)N1CCN(S(N)(=O)=O)CC1. The third-order valence-corrected chi connectivity index (χ3v) is 4.32. The third kappa shape index (κ3) is 3.84. The number of ether oxygens (including phenoxy) is 1. The van der Waals surface area contributed by atoms with Crippen molar-refractivity contribution in [1.82, 2.24) is 9.21 Å². The molecular weight excluding hydrogens is 296 g/mol. The van der Waals surface area contributed by atoms with Crippen molar-refractivity contribution in [1.29, 1.82) is 0 Å². The lowest BCUT2D eigenvalue weighted by atomic mass is 10.3. The smallest absolute Gasteiger partial charge is 0.322 e. The van der Waals surface area contributed by atoms with Gasteiger partial charge in [-0.3, -0.25) is 0 Å². The molecule has 1 fully saturated rings. The van der Waals surface area contributed by atoms with Gasteiger partial charge in [0.05, 0.1) is 12.8 Å². The average Bonchev–Trinajstić information content (AvgIpc) is 2.47. The molecule has 21 heavy (non-hydrogen) atoms. The Morgan fingerprint density at radius 1 is 1.24 bits per heavy atom. The van der Waals surface area contributed by atoms with Crippen LogP contribution in [0.1, 0.15) is 0 Å². The summed E-state index contributed by atoms with van der Waals surface area (Å²) in [5, 5.41) is 7.80. The molecule has 1 aliphatic heterocycles. The van der Waals surface area contributed by atoms with Crippen LogP contribution in [0.3, 0.4) is 0 Å². The third-order valence-electron chi connectivity index (χ3n) is 3.23. The Kier molecular flexibility index (Phi) is 4.66. The lowest BCUT2D eigenvalue weighted by Crippen LogP contribution is -2.53. The number of methoxy groups -OCH3 is 1. The number of hydrogen-bond donors (Lipinski definition) is 2. The second-order valence-electron chi connectivity index (χ2n) is 4.56. The maximum absolute atomic E-state index is 12.2. The fourth-order valence-electron chi connectivity index (χ4n) is 2.09. The van der Waals surface area contributed by atoms with Gasteiger partial charge in [0.1, 0.15) is 5.75 Å². The zero-order chi connectivity index (χ0) is 15.5. The van der Waals surface area contributed by atoms with Gasteiger partial charge >= 0.3 is 6.03 Å². The summed E-state index contributed by atoms with van der Waals surface area (Å²) in [6.07, 6.45) is 0. The first kappa shape index (κ1) is 15.5. The van der Waals surface area contributed by atoms with Crippen LogP contribution in [-0.2, 0) is 10.2 Å². The molecule has 0 bridgehead atoms. The van der Waals surface area contributed by atoms with Crippen LogP contribution in [-0.4, -0.2) is 56.9 Å². The minimum absolute atomic E-state index is 0.193. The number of nitrogens with zero attached hydrogens (tertiary/aromatic N) is 2. The Labute approximate surface area is 123 Å². The van der Waals surface area contributed by atoms with E-state index in [9.17, 15) is 13.2 Å². The van der Waals surface area contributed by atoms with Crippen molar-refractivity contribution in [2.75, 3.05) is 38.6 Å². The lowest BCUT2D eigenvalue weighted by Gasteiger charge is -2.32. The monoisotopic (exact) mass is 314 g/mol. The predicted molar refractivity (Wildman–Crippen MR) is 78.3 cm³/mol. The zero-order valence-electron chi connectivity index (χ0n) is 11.7. The van der Waals surface area contributed by atoms with Crippen LogP contribution in [0.4, 0.5) is 10.5 Å². The quantitative estimate of drug-likeness (QED) is 0.822.